The number of hydrogen-bond acceptors (Lipinski definition) is 4. The number of hydrogen-bond donors (Lipinski definition) is 4. The minimum atomic E-state index is -0.501. The van der Waals surface area contributed by atoms with Gasteiger partial charge in [-0.05, 0) is 48.4 Å². The molecular weight excluding hydrogens is 440 g/mol. The highest BCUT2D eigenvalue weighted by Crippen LogP contribution is 2.20. The first-order valence-electron chi connectivity index (χ1n) is 11.6. The molecule has 3 aromatic rings. The molecule has 0 spiro atoms. The second kappa shape index (κ2) is 11.8. The monoisotopic (exact) mass is 472 g/mol. The molecule has 3 amide bonds. The lowest BCUT2D eigenvalue weighted by atomic mass is 9.95. The first-order valence-corrected chi connectivity index (χ1v) is 11.6. The van der Waals surface area contributed by atoms with Gasteiger partial charge in [-0.2, -0.15) is 0 Å². The van der Waals surface area contributed by atoms with Gasteiger partial charge in [-0.15, -0.1) is 0 Å². The average Bonchev–Trinajstić information content (AvgIpc) is 2.82. The lowest BCUT2D eigenvalue weighted by molar-refractivity contribution is -0.123. The van der Waals surface area contributed by atoms with Gasteiger partial charge in [0.15, 0.2) is 0 Å². The van der Waals surface area contributed by atoms with Crippen molar-refractivity contribution in [3.05, 3.63) is 84.4 Å². The summed E-state index contributed by atoms with van der Waals surface area (Å²) < 4.78 is 0. The molecule has 0 atom stereocenters. The number of rotatable bonds is 9. The van der Waals surface area contributed by atoms with Gasteiger partial charge in [-0.25, -0.2) is 0 Å². The zero-order valence-electron chi connectivity index (χ0n) is 20.4. The fourth-order valence-corrected chi connectivity index (χ4v) is 3.21. The van der Waals surface area contributed by atoms with E-state index in [-0.39, 0.29) is 24.3 Å². The van der Waals surface area contributed by atoms with E-state index in [1.165, 1.54) is 0 Å². The summed E-state index contributed by atoms with van der Waals surface area (Å²) in [5, 5.41) is 11.6. The summed E-state index contributed by atoms with van der Waals surface area (Å²) in [5.74, 6) is -0.404. The van der Waals surface area contributed by atoms with Crippen molar-refractivity contribution in [1.82, 2.24) is 0 Å². The predicted octanol–water partition coefficient (Wildman–Crippen LogP) is 5.29. The van der Waals surface area contributed by atoms with Crippen molar-refractivity contribution in [1.29, 1.82) is 0 Å². The number of benzene rings is 3. The van der Waals surface area contributed by atoms with Gasteiger partial charge in [0, 0.05) is 34.6 Å². The molecule has 3 rings (SSSR count). The minimum Gasteiger partial charge on any atom is -0.376 e. The molecule has 0 radical (unpaired) electrons. The molecule has 0 aliphatic heterocycles. The molecule has 0 fully saturated rings. The highest BCUT2D eigenvalue weighted by Gasteiger charge is 2.21. The lowest BCUT2D eigenvalue weighted by Crippen LogP contribution is -2.27. The fourth-order valence-electron chi connectivity index (χ4n) is 3.21. The Morgan fingerprint density at radius 1 is 0.657 bits per heavy atom. The van der Waals surface area contributed by atoms with Crippen molar-refractivity contribution in [2.75, 3.05) is 27.8 Å². The molecule has 0 aliphatic rings. The number of carbonyl (C=O) groups excluding carboxylic acids is 3. The molecule has 0 aromatic heterocycles. The van der Waals surface area contributed by atoms with Crippen LogP contribution in [-0.4, -0.2) is 24.3 Å². The van der Waals surface area contributed by atoms with Gasteiger partial charge in [0.2, 0.25) is 17.7 Å². The summed E-state index contributed by atoms with van der Waals surface area (Å²) in [7, 11) is 0. The van der Waals surface area contributed by atoms with E-state index >= 15 is 0 Å². The van der Waals surface area contributed by atoms with Crippen LogP contribution >= 0.6 is 0 Å². The lowest BCUT2D eigenvalue weighted by Gasteiger charge is -2.18. The van der Waals surface area contributed by atoms with Gasteiger partial charge in [0.25, 0.3) is 0 Å². The third-order valence-electron chi connectivity index (χ3n) is 5.17. The summed E-state index contributed by atoms with van der Waals surface area (Å²) >= 11 is 0. The van der Waals surface area contributed by atoms with Crippen LogP contribution in [0.4, 0.5) is 22.7 Å². The van der Waals surface area contributed by atoms with E-state index in [1.807, 2.05) is 63.2 Å². The van der Waals surface area contributed by atoms with Crippen molar-refractivity contribution in [2.24, 2.45) is 5.41 Å². The van der Waals surface area contributed by atoms with E-state index in [1.54, 1.807) is 36.4 Å². The van der Waals surface area contributed by atoms with Gasteiger partial charge in [0.1, 0.15) is 0 Å². The third-order valence-corrected chi connectivity index (χ3v) is 5.17. The van der Waals surface area contributed by atoms with Crippen LogP contribution in [0.2, 0.25) is 0 Å². The van der Waals surface area contributed by atoms with E-state index < -0.39 is 5.41 Å². The van der Waals surface area contributed by atoms with Gasteiger partial charge in [-0.1, -0.05) is 63.2 Å². The van der Waals surface area contributed by atoms with Gasteiger partial charge >= 0.3 is 0 Å². The van der Waals surface area contributed by atoms with Crippen LogP contribution in [0.25, 0.3) is 0 Å². The van der Waals surface area contributed by atoms with E-state index in [0.29, 0.717) is 35.6 Å². The number of aryl methyl sites for hydroxylation is 1. The molecule has 182 valence electrons. The fraction of sp³-hybridized carbons (Fsp3) is 0.250. The van der Waals surface area contributed by atoms with E-state index in [2.05, 4.69) is 21.3 Å². The van der Waals surface area contributed by atoms with Crippen molar-refractivity contribution in [3.8, 4) is 0 Å². The Morgan fingerprint density at radius 2 is 1.20 bits per heavy atom. The second-order valence-electron chi connectivity index (χ2n) is 9.30. The van der Waals surface area contributed by atoms with Gasteiger partial charge in [0.05, 0.1) is 6.54 Å². The van der Waals surface area contributed by atoms with Crippen LogP contribution in [0.15, 0.2) is 78.9 Å². The average molecular weight is 473 g/mol. The molecule has 7 nitrogen and oxygen atoms in total. The predicted molar refractivity (Wildman–Crippen MR) is 141 cm³/mol. The molecule has 4 N–H and O–H groups in total. The van der Waals surface area contributed by atoms with E-state index in [0.717, 1.165) is 5.56 Å². The summed E-state index contributed by atoms with van der Waals surface area (Å²) in [6, 6.07) is 24.1. The molecular formula is C28H32N4O3. The van der Waals surface area contributed by atoms with Crippen LogP contribution in [-0.2, 0) is 20.8 Å². The Bertz CT molecular complexity index is 1170. The van der Waals surface area contributed by atoms with Crippen LogP contribution < -0.4 is 21.3 Å². The van der Waals surface area contributed by atoms with Crippen molar-refractivity contribution in [3.63, 3.8) is 0 Å². The Labute approximate surface area is 206 Å². The minimum absolute atomic E-state index is 0.0460. The maximum atomic E-state index is 12.4. The summed E-state index contributed by atoms with van der Waals surface area (Å²) in [6.45, 7) is 5.59. The molecule has 0 saturated heterocycles. The molecule has 0 bridgehead atoms. The smallest absolute Gasteiger partial charge is 0.243 e. The number of amides is 3. The van der Waals surface area contributed by atoms with Crippen LogP contribution in [0, 0.1) is 5.41 Å². The zero-order valence-corrected chi connectivity index (χ0v) is 20.4. The highest BCUT2D eigenvalue weighted by molar-refractivity contribution is 5.96. The Balaban J connectivity index is 1.48. The molecule has 3 aromatic carbocycles. The third kappa shape index (κ3) is 8.62. The van der Waals surface area contributed by atoms with Gasteiger partial charge < -0.3 is 21.3 Å². The summed E-state index contributed by atoms with van der Waals surface area (Å²) in [5.41, 5.74) is 3.19. The van der Waals surface area contributed by atoms with Crippen LogP contribution in [0.5, 0.6) is 0 Å². The Hall–Kier alpha value is -4.13. The molecule has 0 saturated carbocycles. The van der Waals surface area contributed by atoms with Crippen LogP contribution in [0.3, 0.4) is 0 Å². The van der Waals surface area contributed by atoms with Crippen LogP contribution in [0.1, 0.15) is 32.8 Å². The zero-order chi connectivity index (χ0) is 25.3. The second-order valence-corrected chi connectivity index (χ2v) is 9.30. The normalized spacial score (nSPS) is 10.8. The first kappa shape index (κ1) is 25.5. The summed E-state index contributed by atoms with van der Waals surface area (Å²) in [4.78, 5) is 36.9. The number of anilines is 4. The van der Waals surface area contributed by atoms with Crippen molar-refractivity contribution in [2.45, 2.75) is 33.6 Å². The van der Waals surface area contributed by atoms with Crippen molar-refractivity contribution >= 4 is 40.5 Å². The topological polar surface area (TPSA) is 99.3 Å². The molecule has 0 heterocycles. The largest absolute Gasteiger partial charge is 0.376 e. The number of nitrogens with one attached hydrogen (secondary N) is 4. The Kier molecular flexibility index (Phi) is 8.62. The Morgan fingerprint density at radius 3 is 1.83 bits per heavy atom. The van der Waals surface area contributed by atoms with E-state index in [4.69, 9.17) is 0 Å². The molecule has 35 heavy (non-hydrogen) atoms. The number of carbonyl (C=O) groups is 3. The molecule has 0 aliphatic carbocycles. The standard InChI is InChI=1S/C28H32N4O3/c1-28(2,3)27(35)32-24-14-7-11-21(17-24)29-19-26(34)31-23-13-8-12-22(18-23)30-25(33)16-15-20-9-5-4-6-10-20/h4-14,17-18,29H,15-16,19H2,1-3H3,(H,30,33)(H,31,34)(H,32,35). The molecule has 0 unspecified atom stereocenters. The first-order chi connectivity index (χ1) is 16.7. The maximum Gasteiger partial charge on any atom is 0.243 e. The van der Waals surface area contributed by atoms with E-state index in [9.17, 15) is 14.4 Å². The quantitative estimate of drug-likeness (QED) is 0.340. The van der Waals surface area contributed by atoms with Gasteiger partial charge in [-0.3, -0.25) is 14.4 Å². The summed E-state index contributed by atoms with van der Waals surface area (Å²) in [6.07, 6.45) is 1.04. The highest BCUT2D eigenvalue weighted by atomic mass is 16.2. The molecule has 7 heteroatoms. The SMILES string of the molecule is CC(C)(C)C(=O)Nc1cccc(NCC(=O)Nc2cccc(NC(=O)CCc3ccccc3)c2)c1. The van der Waals surface area contributed by atoms with Crippen molar-refractivity contribution < 1.29 is 14.4 Å². The maximum absolute atomic E-state index is 12.4.